The van der Waals surface area contributed by atoms with Crippen LogP contribution in [0.4, 0.5) is 0 Å². The zero-order valence-corrected chi connectivity index (χ0v) is 13.1. The number of rotatable bonds is 10. The summed E-state index contributed by atoms with van der Waals surface area (Å²) in [5.41, 5.74) is 10.8. The fourth-order valence-electron chi connectivity index (χ4n) is 2.10. The van der Waals surface area contributed by atoms with E-state index in [0.717, 1.165) is 60.8 Å². The van der Waals surface area contributed by atoms with Crippen molar-refractivity contribution in [2.75, 3.05) is 0 Å². The molecule has 0 aliphatic carbocycles. The van der Waals surface area contributed by atoms with Crippen molar-refractivity contribution in [3.63, 3.8) is 0 Å². The minimum Gasteiger partial charge on any atom is -0.325 e. The molecular weight excluding hydrogens is 230 g/mol. The molecule has 0 aromatic heterocycles. The van der Waals surface area contributed by atoms with Crippen LogP contribution in [0.15, 0.2) is 48.6 Å². The third kappa shape index (κ3) is 7.17. The minimum absolute atomic E-state index is 0.120. The van der Waals surface area contributed by atoms with E-state index >= 15 is 0 Å². The van der Waals surface area contributed by atoms with E-state index in [2.05, 4.69) is 33.2 Å². The summed E-state index contributed by atoms with van der Waals surface area (Å²) in [6, 6.07) is 0. The topological polar surface area (TPSA) is 26.0 Å². The lowest BCUT2D eigenvalue weighted by molar-refractivity contribution is 0.337. The van der Waals surface area contributed by atoms with Gasteiger partial charge in [-0.1, -0.05) is 62.0 Å². The van der Waals surface area contributed by atoms with Gasteiger partial charge in [0.05, 0.1) is 0 Å². The van der Waals surface area contributed by atoms with Gasteiger partial charge < -0.3 is 5.73 Å². The molecule has 0 aliphatic rings. The van der Waals surface area contributed by atoms with Gasteiger partial charge in [0.2, 0.25) is 0 Å². The summed E-state index contributed by atoms with van der Waals surface area (Å²) in [4.78, 5) is 0. The van der Waals surface area contributed by atoms with E-state index in [1.54, 1.807) is 0 Å². The van der Waals surface area contributed by atoms with Crippen molar-refractivity contribution in [3.05, 3.63) is 48.6 Å². The zero-order chi connectivity index (χ0) is 15.1. The van der Waals surface area contributed by atoms with Crippen LogP contribution in [0.3, 0.4) is 0 Å². The van der Waals surface area contributed by atoms with Gasteiger partial charge in [0, 0.05) is 5.54 Å². The largest absolute Gasteiger partial charge is 0.325 e. The first kappa shape index (κ1) is 17.9. The molecule has 0 rings (SSSR count). The zero-order valence-electron chi connectivity index (χ0n) is 13.1. The molecule has 0 amide bonds. The fourth-order valence-corrected chi connectivity index (χ4v) is 2.10. The number of hydrogen-bond acceptors (Lipinski definition) is 1. The van der Waals surface area contributed by atoms with E-state index < -0.39 is 0 Å². The average Bonchev–Trinajstić information content (AvgIpc) is 2.33. The van der Waals surface area contributed by atoms with Crippen LogP contribution in [0, 0.1) is 0 Å². The van der Waals surface area contributed by atoms with Crippen molar-refractivity contribution in [1.29, 1.82) is 0 Å². The average molecular weight is 261 g/mol. The Labute approximate surface area is 120 Å². The van der Waals surface area contributed by atoms with Crippen molar-refractivity contribution in [2.45, 2.75) is 64.8 Å². The van der Waals surface area contributed by atoms with Crippen molar-refractivity contribution in [2.24, 2.45) is 5.73 Å². The van der Waals surface area contributed by atoms with Crippen LogP contribution in [0.1, 0.15) is 59.3 Å². The normalized spacial score (nSPS) is 11.2. The van der Waals surface area contributed by atoms with Crippen molar-refractivity contribution < 1.29 is 0 Å². The first-order valence-electron chi connectivity index (χ1n) is 7.18. The molecule has 0 aromatic rings. The third-order valence-electron chi connectivity index (χ3n) is 3.80. The molecule has 0 radical (unpaired) electrons. The van der Waals surface area contributed by atoms with E-state index in [4.69, 9.17) is 5.73 Å². The molecule has 108 valence electrons. The van der Waals surface area contributed by atoms with Gasteiger partial charge in [-0.25, -0.2) is 0 Å². The Morgan fingerprint density at radius 3 is 1.47 bits per heavy atom. The van der Waals surface area contributed by atoms with Crippen LogP contribution >= 0.6 is 0 Å². The predicted molar refractivity (Wildman–Crippen MR) is 88.2 cm³/mol. The quantitative estimate of drug-likeness (QED) is 0.530. The maximum absolute atomic E-state index is 6.56. The van der Waals surface area contributed by atoms with Gasteiger partial charge in [-0.15, -0.1) is 0 Å². The summed E-state index contributed by atoms with van der Waals surface area (Å²) in [7, 11) is 0. The third-order valence-corrected chi connectivity index (χ3v) is 3.80. The highest BCUT2D eigenvalue weighted by molar-refractivity contribution is 5.24. The Balaban J connectivity index is 4.49. The Kier molecular flexibility index (Phi) is 7.70. The first-order chi connectivity index (χ1) is 8.72. The highest BCUT2D eigenvalue weighted by atomic mass is 14.7. The van der Waals surface area contributed by atoms with Crippen LogP contribution < -0.4 is 5.73 Å². The van der Waals surface area contributed by atoms with Gasteiger partial charge in [0.25, 0.3) is 0 Å². The smallest absolute Gasteiger partial charge is 0.0160 e. The summed E-state index contributed by atoms with van der Waals surface area (Å²) in [5, 5.41) is 0. The molecule has 0 saturated carbocycles. The minimum atomic E-state index is -0.120. The standard InChI is InChI=1S/C18H31N/c1-8-11-18(19,12-9-16(6)14(2)3)13-10-17(7)15(4)5/h2,4,6-13,19H2,1,3,5H3. The van der Waals surface area contributed by atoms with E-state index in [9.17, 15) is 0 Å². The second kappa shape index (κ2) is 8.16. The Bertz CT molecular complexity index is 330. The van der Waals surface area contributed by atoms with E-state index in [1.807, 2.05) is 13.8 Å². The maximum atomic E-state index is 6.56. The number of hydrogen-bond donors (Lipinski definition) is 1. The Morgan fingerprint density at radius 1 is 0.842 bits per heavy atom. The molecule has 19 heavy (non-hydrogen) atoms. The molecule has 0 aromatic carbocycles. The van der Waals surface area contributed by atoms with Gasteiger partial charge in [0.15, 0.2) is 0 Å². The highest BCUT2D eigenvalue weighted by Gasteiger charge is 2.23. The van der Waals surface area contributed by atoms with Crippen molar-refractivity contribution >= 4 is 0 Å². The molecule has 0 unspecified atom stereocenters. The lowest BCUT2D eigenvalue weighted by atomic mass is 9.82. The lowest BCUT2D eigenvalue weighted by Gasteiger charge is -2.30. The Morgan fingerprint density at radius 2 is 1.21 bits per heavy atom. The molecular formula is C18H31N. The summed E-state index contributed by atoms with van der Waals surface area (Å²) in [5.74, 6) is 0. The van der Waals surface area contributed by atoms with Crippen molar-refractivity contribution in [3.8, 4) is 0 Å². The highest BCUT2D eigenvalue weighted by Crippen LogP contribution is 2.28. The summed E-state index contributed by atoms with van der Waals surface area (Å²) >= 11 is 0. The molecule has 0 aliphatic heterocycles. The van der Waals surface area contributed by atoms with Gasteiger partial charge in [0.1, 0.15) is 0 Å². The first-order valence-corrected chi connectivity index (χ1v) is 7.18. The molecule has 2 N–H and O–H groups in total. The van der Waals surface area contributed by atoms with E-state index in [1.165, 1.54) is 0 Å². The van der Waals surface area contributed by atoms with E-state index in [0.29, 0.717) is 0 Å². The van der Waals surface area contributed by atoms with Crippen LogP contribution in [-0.2, 0) is 0 Å². The van der Waals surface area contributed by atoms with Crippen molar-refractivity contribution in [1.82, 2.24) is 0 Å². The predicted octanol–water partition coefficient (Wildman–Crippen LogP) is 5.31. The monoisotopic (exact) mass is 261 g/mol. The second-order valence-electron chi connectivity index (χ2n) is 5.88. The Hall–Kier alpha value is -1.08. The molecule has 1 heteroatoms. The second-order valence-corrected chi connectivity index (χ2v) is 5.88. The van der Waals surface area contributed by atoms with Gasteiger partial charge in [-0.05, 0) is 46.0 Å². The summed E-state index contributed by atoms with van der Waals surface area (Å²) in [6.45, 7) is 22.2. The van der Waals surface area contributed by atoms with Gasteiger partial charge in [-0.3, -0.25) is 0 Å². The van der Waals surface area contributed by atoms with Gasteiger partial charge >= 0.3 is 0 Å². The fraction of sp³-hybridized carbons (Fsp3) is 0.556. The van der Waals surface area contributed by atoms with Gasteiger partial charge in [-0.2, -0.15) is 0 Å². The van der Waals surface area contributed by atoms with Crippen LogP contribution in [0.5, 0.6) is 0 Å². The molecule has 0 spiro atoms. The SMILES string of the molecule is C=C(C)C(=C)CCC(N)(CCC)CCC(=C)C(=C)C. The molecule has 0 saturated heterocycles. The maximum Gasteiger partial charge on any atom is 0.0160 e. The summed E-state index contributed by atoms with van der Waals surface area (Å²) < 4.78 is 0. The van der Waals surface area contributed by atoms with Crippen LogP contribution in [-0.4, -0.2) is 5.54 Å². The molecule has 0 heterocycles. The molecule has 1 nitrogen and oxygen atoms in total. The number of nitrogens with two attached hydrogens (primary N) is 1. The van der Waals surface area contributed by atoms with Crippen LogP contribution in [0.2, 0.25) is 0 Å². The van der Waals surface area contributed by atoms with E-state index in [-0.39, 0.29) is 5.54 Å². The van der Waals surface area contributed by atoms with Crippen LogP contribution in [0.25, 0.3) is 0 Å². The summed E-state index contributed by atoms with van der Waals surface area (Å²) in [6.07, 6.45) is 5.96. The molecule has 0 fully saturated rings. The molecule has 0 atom stereocenters. The molecule has 0 bridgehead atoms. The lowest BCUT2D eigenvalue weighted by Crippen LogP contribution is -2.39. The number of allylic oxidation sites excluding steroid dienone is 4.